The van der Waals surface area contributed by atoms with E-state index in [1.165, 1.54) is 0 Å². The first-order valence-electron chi connectivity index (χ1n) is 12.3. The summed E-state index contributed by atoms with van der Waals surface area (Å²) >= 11 is 0. The molecule has 0 bridgehead atoms. The smallest absolute Gasteiger partial charge is 0.242 e. The van der Waals surface area contributed by atoms with Gasteiger partial charge >= 0.3 is 0 Å². The van der Waals surface area contributed by atoms with E-state index in [-0.39, 0.29) is 18.1 Å². The van der Waals surface area contributed by atoms with Crippen molar-refractivity contribution in [2.75, 3.05) is 0 Å². The van der Waals surface area contributed by atoms with E-state index < -0.39 is 5.41 Å². The lowest BCUT2D eigenvalue weighted by atomic mass is 9.72. The Morgan fingerprint density at radius 1 is 0.971 bits per heavy atom. The van der Waals surface area contributed by atoms with Gasteiger partial charge in [0.15, 0.2) is 5.78 Å². The van der Waals surface area contributed by atoms with Gasteiger partial charge in [-0.2, -0.15) is 0 Å². The third-order valence-electron chi connectivity index (χ3n) is 7.40. The van der Waals surface area contributed by atoms with Crippen LogP contribution in [-0.4, -0.2) is 16.3 Å². The second-order valence-corrected chi connectivity index (χ2v) is 9.71. The second kappa shape index (κ2) is 8.09. The molecule has 0 saturated heterocycles. The number of aromatic nitrogens is 1. The minimum Gasteiger partial charge on any atom is -0.460 e. The van der Waals surface area contributed by atoms with Crippen LogP contribution in [0.2, 0.25) is 0 Å². The third kappa shape index (κ3) is 3.20. The van der Waals surface area contributed by atoms with Gasteiger partial charge in [-0.25, -0.2) is 0 Å². The lowest BCUT2D eigenvalue weighted by molar-refractivity contribution is 0.0760. The SMILES string of the molecule is CCCCc1oc2ccccc2c1C(=O)CC1(C)C(=O)n2c(cc3ccccc32)-c2ccccc21. The van der Waals surface area contributed by atoms with Crippen molar-refractivity contribution in [3.63, 3.8) is 0 Å². The quantitative estimate of drug-likeness (QED) is 0.245. The van der Waals surface area contributed by atoms with Crippen LogP contribution in [0.4, 0.5) is 0 Å². The summed E-state index contributed by atoms with van der Waals surface area (Å²) in [5, 5.41) is 1.85. The molecule has 1 aliphatic rings. The highest BCUT2D eigenvalue weighted by Crippen LogP contribution is 2.45. The van der Waals surface area contributed by atoms with Crippen LogP contribution >= 0.6 is 0 Å². The summed E-state index contributed by atoms with van der Waals surface area (Å²) in [4.78, 5) is 28.2. The van der Waals surface area contributed by atoms with Gasteiger partial charge in [-0.3, -0.25) is 14.2 Å². The molecule has 1 unspecified atom stereocenters. The lowest BCUT2D eigenvalue weighted by Gasteiger charge is -2.35. The number of para-hydroxylation sites is 2. The number of rotatable bonds is 6. The number of ketones is 1. The average Bonchev–Trinajstić information content (AvgIpc) is 3.45. The molecule has 4 nitrogen and oxygen atoms in total. The maximum atomic E-state index is 14.2. The molecule has 0 fully saturated rings. The molecule has 2 aromatic heterocycles. The molecular formula is C31H27NO3. The van der Waals surface area contributed by atoms with Crippen molar-refractivity contribution in [2.24, 2.45) is 0 Å². The Morgan fingerprint density at radius 2 is 1.71 bits per heavy atom. The number of carbonyl (C=O) groups is 2. The number of furan rings is 1. The Labute approximate surface area is 204 Å². The molecule has 0 saturated carbocycles. The Hall–Kier alpha value is -3.92. The van der Waals surface area contributed by atoms with E-state index in [9.17, 15) is 9.59 Å². The molecule has 174 valence electrons. The van der Waals surface area contributed by atoms with E-state index in [4.69, 9.17) is 4.42 Å². The first-order valence-corrected chi connectivity index (χ1v) is 12.3. The Balaban J connectivity index is 1.50. The zero-order chi connectivity index (χ0) is 24.2. The van der Waals surface area contributed by atoms with Crippen LogP contribution in [0.3, 0.4) is 0 Å². The average molecular weight is 462 g/mol. The Morgan fingerprint density at radius 3 is 2.57 bits per heavy atom. The first-order chi connectivity index (χ1) is 17.0. The summed E-state index contributed by atoms with van der Waals surface area (Å²) in [7, 11) is 0. The number of aryl methyl sites for hydroxylation is 1. The molecule has 0 aliphatic carbocycles. The summed E-state index contributed by atoms with van der Waals surface area (Å²) in [6.07, 6.45) is 2.74. The molecule has 1 aliphatic heterocycles. The van der Waals surface area contributed by atoms with Crippen molar-refractivity contribution in [1.82, 2.24) is 4.57 Å². The molecule has 0 amide bonds. The van der Waals surface area contributed by atoms with Gasteiger partial charge in [-0.1, -0.05) is 74.0 Å². The zero-order valence-corrected chi connectivity index (χ0v) is 20.0. The minimum atomic E-state index is -0.997. The molecule has 4 heteroatoms. The molecule has 0 spiro atoms. The van der Waals surface area contributed by atoms with Gasteiger partial charge in [0.1, 0.15) is 11.3 Å². The summed E-state index contributed by atoms with van der Waals surface area (Å²) < 4.78 is 7.93. The molecule has 1 atom stereocenters. The molecule has 5 aromatic rings. The van der Waals surface area contributed by atoms with Crippen molar-refractivity contribution < 1.29 is 14.0 Å². The van der Waals surface area contributed by atoms with Crippen LogP contribution in [0.5, 0.6) is 0 Å². The maximum absolute atomic E-state index is 14.2. The van der Waals surface area contributed by atoms with E-state index in [0.717, 1.165) is 57.3 Å². The highest BCUT2D eigenvalue weighted by Gasteiger charge is 2.45. The van der Waals surface area contributed by atoms with Crippen LogP contribution in [0, 0.1) is 0 Å². The van der Waals surface area contributed by atoms with Gasteiger partial charge in [-0.05, 0) is 37.1 Å². The number of fused-ring (bicyclic) bond motifs is 6. The van der Waals surface area contributed by atoms with Gasteiger partial charge in [0, 0.05) is 29.2 Å². The largest absolute Gasteiger partial charge is 0.460 e. The standard InChI is InChI=1S/C31H27NO3/c1-3-4-16-28-29(22-13-7-10-17-27(22)35-28)26(33)19-31(2)23-14-8-6-12-21(23)25-18-20-11-5-9-15-24(20)32(25)30(31)34/h5-15,17-18H,3-4,16,19H2,1-2H3. The van der Waals surface area contributed by atoms with Crippen molar-refractivity contribution >= 4 is 33.6 Å². The molecule has 6 rings (SSSR count). The van der Waals surface area contributed by atoms with E-state index in [1.807, 2.05) is 73.7 Å². The number of benzene rings is 3. The molecule has 3 heterocycles. The fourth-order valence-electron chi connectivity index (χ4n) is 5.62. The number of carbonyl (C=O) groups excluding carboxylic acids is 2. The summed E-state index contributed by atoms with van der Waals surface area (Å²) in [6, 6.07) is 25.7. The molecule has 35 heavy (non-hydrogen) atoms. The number of Topliss-reactive ketones (excluding diaryl/α,β-unsaturated/α-hetero) is 1. The molecule has 0 radical (unpaired) electrons. The maximum Gasteiger partial charge on any atom is 0.242 e. The van der Waals surface area contributed by atoms with Crippen molar-refractivity contribution in [2.45, 2.75) is 44.9 Å². The van der Waals surface area contributed by atoms with Crippen molar-refractivity contribution in [1.29, 1.82) is 0 Å². The van der Waals surface area contributed by atoms with Gasteiger partial charge in [0.2, 0.25) is 5.91 Å². The van der Waals surface area contributed by atoms with Gasteiger partial charge < -0.3 is 4.42 Å². The third-order valence-corrected chi connectivity index (χ3v) is 7.40. The van der Waals surface area contributed by atoms with Gasteiger partial charge in [0.25, 0.3) is 0 Å². The van der Waals surface area contributed by atoms with Crippen molar-refractivity contribution in [3.05, 3.63) is 95.7 Å². The van der Waals surface area contributed by atoms with Crippen LogP contribution in [0.15, 0.2) is 83.3 Å². The van der Waals surface area contributed by atoms with E-state index in [0.29, 0.717) is 12.0 Å². The highest BCUT2D eigenvalue weighted by atomic mass is 16.3. The van der Waals surface area contributed by atoms with Crippen molar-refractivity contribution in [3.8, 4) is 11.3 Å². The van der Waals surface area contributed by atoms with Crippen LogP contribution in [-0.2, 0) is 11.8 Å². The Bertz CT molecular complexity index is 1620. The lowest BCUT2D eigenvalue weighted by Crippen LogP contribution is -2.42. The first kappa shape index (κ1) is 21.6. The summed E-state index contributed by atoms with van der Waals surface area (Å²) in [5.41, 5.74) is 4.01. The fraction of sp³-hybridized carbons (Fsp3) is 0.226. The number of hydrogen-bond acceptors (Lipinski definition) is 3. The van der Waals surface area contributed by atoms with Crippen LogP contribution in [0.1, 0.15) is 59.6 Å². The summed E-state index contributed by atoms with van der Waals surface area (Å²) in [6.45, 7) is 4.04. The predicted molar refractivity (Wildman–Crippen MR) is 139 cm³/mol. The van der Waals surface area contributed by atoms with Crippen LogP contribution < -0.4 is 0 Å². The summed E-state index contributed by atoms with van der Waals surface area (Å²) in [5.74, 6) is 0.612. The van der Waals surface area contributed by atoms with E-state index in [1.54, 1.807) is 4.57 Å². The topological polar surface area (TPSA) is 52.2 Å². The minimum absolute atomic E-state index is 0.0494. The number of unbranched alkanes of at least 4 members (excludes halogenated alkanes) is 1. The molecule has 0 N–H and O–H groups in total. The number of nitrogens with zero attached hydrogens (tertiary/aromatic N) is 1. The zero-order valence-electron chi connectivity index (χ0n) is 20.0. The fourth-order valence-corrected chi connectivity index (χ4v) is 5.62. The van der Waals surface area contributed by atoms with Crippen LogP contribution in [0.25, 0.3) is 33.1 Å². The number of hydrogen-bond donors (Lipinski definition) is 0. The van der Waals surface area contributed by atoms with E-state index >= 15 is 0 Å². The normalized spacial score (nSPS) is 17.0. The highest BCUT2D eigenvalue weighted by molar-refractivity contribution is 6.13. The molecular weight excluding hydrogens is 434 g/mol. The second-order valence-electron chi connectivity index (χ2n) is 9.71. The van der Waals surface area contributed by atoms with Gasteiger partial charge in [-0.15, -0.1) is 0 Å². The van der Waals surface area contributed by atoms with Gasteiger partial charge in [0.05, 0.1) is 22.2 Å². The molecule has 3 aromatic carbocycles. The predicted octanol–water partition coefficient (Wildman–Crippen LogP) is 7.58. The monoisotopic (exact) mass is 461 g/mol. The van der Waals surface area contributed by atoms with E-state index in [2.05, 4.69) is 19.1 Å². The Kier molecular flexibility index (Phi) is 4.99.